The Morgan fingerprint density at radius 1 is 1.32 bits per heavy atom. The van der Waals surface area contributed by atoms with Crippen molar-refractivity contribution in [2.75, 3.05) is 12.0 Å². The van der Waals surface area contributed by atoms with Crippen LogP contribution in [-0.2, 0) is 6.54 Å². The summed E-state index contributed by atoms with van der Waals surface area (Å²) in [5.74, 6) is 6.99. The van der Waals surface area contributed by atoms with E-state index in [4.69, 9.17) is 17.4 Å². The van der Waals surface area contributed by atoms with Gasteiger partial charge >= 0.3 is 0 Å². The highest BCUT2D eigenvalue weighted by molar-refractivity contribution is 6.31. The maximum atomic E-state index is 6.25. The highest BCUT2D eigenvalue weighted by atomic mass is 35.5. The number of hydrogen-bond acceptors (Lipinski definition) is 4. The molecule has 3 N–H and O–H groups in total. The van der Waals surface area contributed by atoms with E-state index in [-0.39, 0.29) is 0 Å². The molecule has 1 aromatic heterocycles. The van der Waals surface area contributed by atoms with E-state index in [1.807, 2.05) is 6.07 Å². The van der Waals surface area contributed by atoms with E-state index >= 15 is 0 Å². The third-order valence-corrected chi connectivity index (χ3v) is 4.89. The molecule has 1 saturated carbocycles. The highest BCUT2D eigenvalue weighted by Gasteiger charge is 2.35. The van der Waals surface area contributed by atoms with E-state index in [0.29, 0.717) is 5.82 Å². The average Bonchev–Trinajstić information content (AvgIpc) is 2.85. The van der Waals surface area contributed by atoms with Gasteiger partial charge in [-0.2, -0.15) is 0 Å². The van der Waals surface area contributed by atoms with Crippen LogP contribution in [0.2, 0.25) is 5.02 Å². The number of nitrogen functional groups attached to an aromatic ring is 1. The van der Waals surface area contributed by atoms with Gasteiger partial charge in [-0.3, -0.25) is 4.90 Å². The number of aromatic nitrogens is 1. The minimum atomic E-state index is 0.679. The number of anilines is 1. The fourth-order valence-electron chi connectivity index (χ4n) is 3.57. The summed E-state index contributed by atoms with van der Waals surface area (Å²) in [6.07, 6.45) is 6.82. The SMILES string of the molecule is NNc1ccc(Cl)c(CN2CCC3CCCCC32)n1. The Morgan fingerprint density at radius 3 is 3.00 bits per heavy atom. The molecule has 104 valence electrons. The van der Waals surface area contributed by atoms with Crippen LogP contribution in [0.25, 0.3) is 0 Å². The minimum absolute atomic E-state index is 0.679. The number of nitrogens with one attached hydrogen (secondary N) is 1. The van der Waals surface area contributed by atoms with Crippen molar-refractivity contribution in [1.82, 2.24) is 9.88 Å². The monoisotopic (exact) mass is 280 g/mol. The van der Waals surface area contributed by atoms with E-state index in [9.17, 15) is 0 Å². The molecule has 2 unspecified atom stereocenters. The zero-order chi connectivity index (χ0) is 13.2. The molecular formula is C14H21ClN4. The van der Waals surface area contributed by atoms with E-state index in [1.54, 1.807) is 6.07 Å². The van der Waals surface area contributed by atoms with Crippen molar-refractivity contribution in [3.05, 3.63) is 22.8 Å². The van der Waals surface area contributed by atoms with Gasteiger partial charge < -0.3 is 5.43 Å². The lowest BCUT2D eigenvalue weighted by molar-refractivity contribution is 0.174. The number of hydrogen-bond donors (Lipinski definition) is 2. The molecule has 0 amide bonds. The number of rotatable bonds is 3. The molecule has 0 bridgehead atoms. The zero-order valence-corrected chi connectivity index (χ0v) is 11.9. The fraction of sp³-hybridized carbons (Fsp3) is 0.643. The van der Waals surface area contributed by atoms with Gasteiger partial charge in [0.25, 0.3) is 0 Å². The number of pyridine rings is 1. The number of hydrazine groups is 1. The molecule has 1 saturated heterocycles. The van der Waals surface area contributed by atoms with Gasteiger partial charge in [-0.25, -0.2) is 10.8 Å². The summed E-state index contributed by atoms with van der Waals surface area (Å²) in [4.78, 5) is 7.04. The minimum Gasteiger partial charge on any atom is -0.308 e. The average molecular weight is 281 g/mol. The molecule has 1 aliphatic carbocycles. The molecule has 3 rings (SSSR count). The predicted octanol–water partition coefficient (Wildman–Crippen LogP) is 2.79. The van der Waals surface area contributed by atoms with Crippen molar-refractivity contribution in [1.29, 1.82) is 0 Å². The Balaban J connectivity index is 1.74. The number of nitrogens with zero attached hydrogens (tertiary/aromatic N) is 2. The second-order valence-corrected chi connectivity index (χ2v) is 6.05. The Kier molecular flexibility index (Phi) is 3.91. The largest absolute Gasteiger partial charge is 0.308 e. The molecule has 0 aromatic carbocycles. The first-order chi connectivity index (χ1) is 9.28. The van der Waals surface area contributed by atoms with Crippen molar-refractivity contribution in [3.8, 4) is 0 Å². The Bertz CT molecular complexity index is 451. The summed E-state index contributed by atoms with van der Waals surface area (Å²) in [5, 5.41) is 0.734. The van der Waals surface area contributed by atoms with Crippen molar-refractivity contribution in [2.45, 2.75) is 44.7 Å². The van der Waals surface area contributed by atoms with Crippen LogP contribution >= 0.6 is 11.6 Å². The zero-order valence-electron chi connectivity index (χ0n) is 11.1. The second kappa shape index (κ2) is 5.65. The molecular weight excluding hydrogens is 260 g/mol. The molecule has 19 heavy (non-hydrogen) atoms. The lowest BCUT2D eigenvalue weighted by Crippen LogP contribution is -2.34. The number of halogens is 1. The summed E-state index contributed by atoms with van der Waals surface area (Å²) in [7, 11) is 0. The molecule has 0 radical (unpaired) electrons. The summed E-state index contributed by atoms with van der Waals surface area (Å²) in [6.45, 7) is 2.02. The van der Waals surface area contributed by atoms with Crippen LogP contribution in [0, 0.1) is 5.92 Å². The number of fused-ring (bicyclic) bond motifs is 1. The molecule has 2 atom stereocenters. The Hall–Kier alpha value is -0.840. The summed E-state index contributed by atoms with van der Waals surface area (Å²) < 4.78 is 0. The van der Waals surface area contributed by atoms with Crippen LogP contribution in [-0.4, -0.2) is 22.5 Å². The predicted molar refractivity (Wildman–Crippen MR) is 77.8 cm³/mol. The number of likely N-dealkylation sites (tertiary alicyclic amines) is 1. The third-order valence-electron chi connectivity index (χ3n) is 4.54. The molecule has 1 aliphatic heterocycles. The van der Waals surface area contributed by atoms with Crippen molar-refractivity contribution in [3.63, 3.8) is 0 Å². The van der Waals surface area contributed by atoms with Crippen molar-refractivity contribution in [2.24, 2.45) is 11.8 Å². The van der Waals surface area contributed by atoms with Gasteiger partial charge in [0, 0.05) is 12.6 Å². The van der Waals surface area contributed by atoms with Gasteiger partial charge in [-0.05, 0) is 43.9 Å². The summed E-state index contributed by atoms with van der Waals surface area (Å²) in [5.41, 5.74) is 3.52. The molecule has 2 heterocycles. The van der Waals surface area contributed by atoms with Crippen molar-refractivity contribution >= 4 is 17.4 Å². The van der Waals surface area contributed by atoms with Crippen LogP contribution in [0.3, 0.4) is 0 Å². The second-order valence-electron chi connectivity index (χ2n) is 5.64. The van der Waals surface area contributed by atoms with Gasteiger partial charge in [-0.15, -0.1) is 0 Å². The maximum absolute atomic E-state index is 6.25. The molecule has 1 aromatic rings. The first-order valence-electron chi connectivity index (χ1n) is 7.14. The quantitative estimate of drug-likeness (QED) is 0.660. The summed E-state index contributed by atoms with van der Waals surface area (Å²) >= 11 is 6.25. The van der Waals surface area contributed by atoms with Crippen LogP contribution in [0.4, 0.5) is 5.82 Å². The van der Waals surface area contributed by atoms with E-state index < -0.39 is 0 Å². The van der Waals surface area contributed by atoms with Gasteiger partial charge in [-0.1, -0.05) is 24.4 Å². The smallest absolute Gasteiger partial charge is 0.140 e. The van der Waals surface area contributed by atoms with Crippen LogP contribution < -0.4 is 11.3 Å². The molecule has 0 spiro atoms. The maximum Gasteiger partial charge on any atom is 0.140 e. The fourth-order valence-corrected chi connectivity index (χ4v) is 3.73. The summed E-state index contributed by atoms with van der Waals surface area (Å²) in [6, 6.07) is 4.41. The molecule has 4 nitrogen and oxygen atoms in total. The van der Waals surface area contributed by atoms with Gasteiger partial charge in [0.15, 0.2) is 0 Å². The highest BCUT2D eigenvalue weighted by Crippen LogP contribution is 2.37. The van der Waals surface area contributed by atoms with Crippen LogP contribution in [0.15, 0.2) is 12.1 Å². The standard InChI is InChI=1S/C14H21ClN4/c15-11-5-6-14(18-16)17-12(11)9-19-8-7-10-3-1-2-4-13(10)19/h5-6,10,13H,1-4,7-9,16H2,(H,17,18). The first-order valence-corrected chi connectivity index (χ1v) is 7.52. The first kappa shape index (κ1) is 13.2. The van der Waals surface area contributed by atoms with E-state index in [1.165, 1.54) is 38.6 Å². The lowest BCUT2D eigenvalue weighted by atomic mass is 9.85. The Morgan fingerprint density at radius 2 is 2.16 bits per heavy atom. The van der Waals surface area contributed by atoms with Crippen molar-refractivity contribution < 1.29 is 0 Å². The van der Waals surface area contributed by atoms with E-state index in [0.717, 1.165) is 29.2 Å². The normalized spacial score (nSPS) is 27.3. The third kappa shape index (κ3) is 2.71. The molecule has 2 aliphatic rings. The Labute approximate surface area is 119 Å². The number of nitrogens with two attached hydrogens (primary N) is 1. The van der Waals surface area contributed by atoms with Gasteiger partial charge in [0.1, 0.15) is 5.82 Å². The lowest BCUT2D eigenvalue weighted by Gasteiger charge is -2.31. The molecule has 5 heteroatoms. The van der Waals surface area contributed by atoms with Gasteiger partial charge in [0.2, 0.25) is 0 Å². The topological polar surface area (TPSA) is 54.2 Å². The molecule has 2 fully saturated rings. The van der Waals surface area contributed by atoms with Gasteiger partial charge in [0.05, 0.1) is 10.7 Å². The van der Waals surface area contributed by atoms with Crippen LogP contribution in [0.5, 0.6) is 0 Å². The van der Waals surface area contributed by atoms with Crippen LogP contribution in [0.1, 0.15) is 37.8 Å². The van der Waals surface area contributed by atoms with E-state index in [2.05, 4.69) is 15.3 Å².